The normalized spacial score (nSPS) is 34.0. The maximum Gasteiger partial charge on any atom is 0.356 e. The van der Waals surface area contributed by atoms with Gasteiger partial charge in [0.2, 0.25) is 0 Å². The second kappa shape index (κ2) is 3.39. The number of fused-ring (bicyclic) bond motifs is 3. The van der Waals surface area contributed by atoms with E-state index in [4.69, 9.17) is 0 Å². The van der Waals surface area contributed by atoms with Crippen LogP contribution in [0.5, 0.6) is 0 Å². The Bertz CT molecular complexity index is 691. The highest BCUT2D eigenvalue weighted by molar-refractivity contribution is 7.91. The number of sulfone groups is 1. The molecule has 19 heavy (non-hydrogen) atoms. The van der Waals surface area contributed by atoms with Gasteiger partial charge < -0.3 is 5.11 Å². The molecule has 1 aromatic heterocycles. The van der Waals surface area contributed by atoms with Crippen molar-refractivity contribution >= 4 is 15.8 Å². The Morgan fingerprint density at radius 3 is 2.84 bits per heavy atom. The van der Waals surface area contributed by atoms with Crippen LogP contribution in [0.1, 0.15) is 46.5 Å². The fourth-order valence-electron chi connectivity index (χ4n) is 3.57. The first-order valence-corrected chi connectivity index (χ1v) is 8.33. The summed E-state index contributed by atoms with van der Waals surface area (Å²) in [7, 11) is -2.98. The molecule has 0 spiro atoms. The van der Waals surface area contributed by atoms with Crippen LogP contribution in [0.2, 0.25) is 0 Å². The van der Waals surface area contributed by atoms with Crippen molar-refractivity contribution in [3.8, 4) is 0 Å². The van der Waals surface area contributed by atoms with Gasteiger partial charge in [0.05, 0.1) is 17.5 Å². The van der Waals surface area contributed by atoms with E-state index in [0.717, 1.165) is 24.1 Å². The molecule has 3 atom stereocenters. The van der Waals surface area contributed by atoms with Crippen molar-refractivity contribution in [3.05, 3.63) is 17.0 Å². The predicted molar refractivity (Wildman–Crippen MR) is 66.0 cm³/mol. The van der Waals surface area contributed by atoms with Gasteiger partial charge >= 0.3 is 5.97 Å². The number of nitrogens with zero attached hydrogens (tertiary/aromatic N) is 2. The van der Waals surface area contributed by atoms with Crippen LogP contribution in [0.4, 0.5) is 0 Å². The molecule has 1 aromatic rings. The van der Waals surface area contributed by atoms with Crippen LogP contribution in [-0.2, 0) is 16.3 Å². The fourth-order valence-corrected chi connectivity index (χ4v) is 5.26. The summed E-state index contributed by atoms with van der Waals surface area (Å²) in [6.45, 7) is 0. The molecule has 7 heteroatoms. The molecule has 2 heterocycles. The lowest BCUT2D eigenvalue weighted by Gasteiger charge is -2.12. The minimum Gasteiger partial charge on any atom is -0.476 e. The quantitative estimate of drug-likeness (QED) is 0.858. The highest BCUT2D eigenvalue weighted by Gasteiger charge is 2.51. The fraction of sp³-hybridized carbons (Fsp3) is 0.667. The van der Waals surface area contributed by atoms with Crippen LogP contribution in [0.25, 0.3) is 0 Å². The van der Waals surface area contributed by atoms with Crippen molar-refractivity contribution in [1.29, 1.82) is 0 Å². The van der Waals surface area contributed by atoms with Crippen LogP contribution in [0.15, 0.2) is 0 Å². The smallest absolute Gasteiger partial charge is 0.356 e. The number of hydrogen-bond acceptors (Lipinski definition) is 4. The average molecular weight is 282 g/mol. The van der Waals surface area contributed by atoms with Crippen LogP contribution < -0.4 is 0 Å². The van der Waals surface area contributed by atoms with E-state index >= 15 is 0 Å². The van der Waals surface area contributed by atoms with E-state index in [0.29, 0.717) is 18.3 Å². The minimum atomic E-state index is -2.98. The Balaban J connectivity index is 1.81. The Morgan fingerprint density at radius 1 is 1.42 bits per heavy atom. The summed E-state index contributed by atoms with van der Waals surface area (Å²) in [4.78, 5) is 11.2. The van der Waals surface area contributed by atoms with E-state index in [-0.39, 0.29) is 23.2 Å². The third kappa shape index (κ3) is 1.57. The second-order valence-electron chi connectivity index (χ2n) is 5.83. The number of aromatic carboxylic acids is 1. The van der Waals surface area contributed by atoms with E-state index < -0.39 is 15.8 Å². The molecule has 1 N–H and O–H groups in total. The van der Waals surface area contributed by atoms with Gasteiger partial charge in [-0.3, -0.25) is 4.68 Å². The van der Waals surface area contributed by atoms with Gasteiger partial charge in [0.15, 0.2) is 15.5 Å². The monoisotopic (exact) mass is 282 g/mol. The molecule has 3 aliphatic rings. The molecule has 1 unspecified atom stereocenters. The summed E-state index contributed by atoms with van der Waals surface area (Å²) < 4.78 is 24.9. The first-order chi connectivity index (χ1) is 8.96. The van der Waals surface area contributed by atoms with Crippen molar-refractivity contribution in [2.45, 2.75) is 31.2 Å². The standard InChI is InChI=1S/C12H14N2O4S/c15-12(16)10-9-4-6-3-8(6)11(9)14(13-10)7-1-2-19(17,18)5-7/h6-8H,1-5H2,(H,15,16)/t6-,7?,8-/m1/s1. The summed E-state index contributed by atoms with van der Waals surface area (Å²) in [6, 6.07) is -0.175. The highest BCUT2D eigenvalue weighted by Crippen LogP contribution is 2.57. The summed E-state index contributed by atoms with van der Waals surface area (Å²) >= 11 is 0. The highest BCUT2D eigenvalue weighted by atomic mass is 32.2. The molecule has 0 radical (unpaired) electrons. The Hall–Kier alpha value is -1.37. The Morgan fingerprint density at radius 2 is 2.21 bits per heavy atom. The van der Waals surface area contributed by atoms with Gasteiger partial charge in [-0.2, -0.15) is 5.10 Å². The first-order valence-electron chi connectivity index (χ1n) is 6.51. The zero-order chi connectivity index (χ0) is 13.4. The number of carboxylic acid groups (broad SMARTS) is 1. The van der Waals surface area contributed by atoms with E-state index in [1.54, 1.807) is 4.68 Å². The Kier molecular flexibility index (Phi) is 2.04. The SMILES string of the molecule is O=C(O)c1nn(C2CCS(=O)(=O)C2)c2c1C[C@H]1C[C@@H]21. The van der Waals surface area contributed by atoms with Crippen LogP contribution in [0, 0.1) is 5.92 Å². The molecule has 1 saturated heterocycles. The predicted octanol–water partition coefficient (Wildman–Crippen LogP) is 0.601. The molecule has 6 nitrogen and oxygen atoms in total. The molecule has 0 aromatic carbocycles. The largest absolute Gasteiger partial charge is 0.476 e. The third-order valence-electron chi connectivity index (χ3n) is 4.55. The summed E-state index contributed by atoms with van der Waals surface area (Å²) in [5.74, 6) is 0.256. The lowest BCUT2D eigenvalue weighted by molar-refractivity contribution is 0.0688. The first kappa shape index (κ1) is 11.5. The van der Waals surface area contributed by atoms with Gasteiger partial charge in [-0.15, -0.1) is 0 Å². The van der Waals surface area contributed by atoms with E-state index in [1.165, 1.54) is 0 Å². The molecule has 1 saturated carbocycles. The summed E-state index contributed by atoms with van der Waals surface area (Å²) in [5, 5.41) is 13.4. The third-order valence-corrected chi connectivity index (χ3v) is 6.30. The van der Waals surface area contributed by atoms with E-state index in [2.05, 4.69) is 5.10 Å². The number of hydrogen-bond donors (Lipinski definition) is 1. The van der Waals surface area contributed by atoms with Crippen LogP contribution >= 0.6 is 0 Å². The van der Waals surface area contributed by atoms with Crippen molar-refractivity contribution in [3.63, 3.8) is 0 Å². The van der Waals surface area contributed by atoms with Gasteiger partial charge in [-0.05, 0) is 25.2 Å². The maximum absolute atomic E-state index is 11.6. The van der Waals surface area contributed by atoms with Crippen molar-refractivity contribution < 1.29 is 18.3 Å². The van der Waals surface area contributed by atoms with Gasteiger partial charge in [-0.1, -0.05) is 0 Å². The van der Waals surface area contributed by atoms with E-state index in [9.17, 15) is 18.3 Å². The molecule has 0 amide bonds. The van der Waals surface area contributed by atoms with Crippen molar-refractivity contribution in [2.24, 2.45) is 5.92 Å². The van der Waals surface area contributed by atoms with Gasteiger partial charge in [0.25, 0.3) is 0 Å². The molecule has 2 fully saturated rings. The average Bonchev–Trinajstić information content (AvgIpc) is 2.70. The lowest BCUT2D eigenvalue weighted by atomic mass is 10.1. The van der Waals surface area contributed by atoms with E-state index in [1.807, 2.05) is 0 Å². The second-order valence-corrected chi connectivity index (χ2v) is 8.05. The number of aromatic nitrogens is 2. The molecule has 0 bridgehead atoms. The number of carbonyl (C=O) groups is 1. The Labute approximate surface area is 110 Å². The molecule has 102 valence electrons. The minimum absolute atomic E-state index is 0.0948. The van der Waals surface area contributed by atoms with Crippen molar-refractivity contribution in [1.82, 2.24) is 9.78 Å². The molecule has 4 rings (SSSR count). The molecular weight excluding hydrogens is 268 g/mol. The number of carboxylic acids is 1. The van der Waals surface area contributed by atoms with Crippen molar-refractivity contribution in [2.75, 3.05) is 11.5 Å². The lowest BCUT2D eigenvalue weighted by Crippen LogP contribution is -2.15. The van der Waals surface area contributed by atoms with Gasteiger partial charge in [0.1, 0.15) is 0 Å². The van der Waals surface area contributed by atoms with Gasteiger partial charge in [0, 0.05) is 17.2 Å². The van der Waals surface area contributed by atoms with Gasteiger partial charge in [-0.25, -0.2) is 13.2 Å². The zero-order valence-electron chi connectivity index (χ0n) is 10.2. The summed E-state index contributed by atoms with van der Waals surface area (Å²) in [5.41, 5.74) is 1.98. The molecule has 1 aliphatic heterocycles. The molecular formula is C12H14N2O4S. The van der Waals surface area contributed by atoms with Crippen LogP contribution in [0.3, 0.4) is 0 Å². The van der Waals surface area contributed by atoms with Crippen LogP contribution in [-0.4, -0.2) is 40.8 Å². The topological polar surface area (TPSA) is 89.3 Å². The zero-order valence-corrected chi connectivity index (χ0v) is 11.1. The maximum atomic E-state index is 11.6. The molecule has 2 aliphatic carbocycles. The summed E-state index contributed by atoms with van der Waals surface area (Å²) in [6.07, 6.45) is 2.44. The number of rotatable bonds is 2.